The zero-order chi connectivity index (χ0) is 10.8. The number of hydrogen-bond acceptors (Lipinski definition) is 2. The fourth-order valence-electron chi connectivity index (χ4n) is 1.53. The molecule has 4 nitrogen and oxygen atoms in total. The van der Waals surface area contributed by atoms with Crippen molar-refractivity contribution in [1.29, 1.82) is 0 Å². The van der Waals surface area contributed by atoms with Crippen molar-refractivity contribution in [3.8, 4) is 0 Å². The SMILES string of the molecule is NC(Cc1c[nH]c2ccc(Br)cc12)=NO. The average Bonchev–Trinajstić information content (AvgIpc) is 2.61. The monoisotopic (exact) mass is 267 g/mol. The summed E-state index contributed by atoms with van der Waals surface area (Å²) in [6.45, 7) is 0. The number of nitrogens with one attached hydrogen (secondary N) is 1. The third-order valence-corrected chi connectivity index (χ3v) is 2.72. The van der Waals surface area contributed by atoms with Crippen molar-refractivity contribution in [2.45, 2.75) is 6.42 Å². The number of rotatable bonds is 2. The summed E-state index contributed by atoms with van der Waals surface area (Å²) < 4.78 is 1.01. The molecule has 0 bridgehead atoms. The molecule has 0 spiro atoms. The van der Waals surface area contributed by atoms with Gasteiger partial charge < -0.3 is 15.9 Å². The van der Waals surface area contributed by atoms with Gasteiger partial charge >= 0.3 is 0 Å². The highest BCUT2D eigenvalue weighted by Gasteiger charge is 2.05. The number of amidine groups is 1. The second-order valence-corrected chi connectivity index (χ2v) is 4.19. The first-order valence-corrected chi connectivity index (χ1v) is 5.22. The molecule has 0 fully saturated rings. The van der Waals surface area contributed by atoms with Gasteiger partial charge in [0, 0.05) is 28.0 Å². The van der Waals surface area contributed by atoms with Crippen LogP contribution < -0.4 is 5.73 Å². The molecule has 0 aliphatic carbocycles. The molecule has 1 aromatic carbocycles. The number of nitrogens with two attached hydrogens (primary N) is 1. The van der Waals surface area contributed by atoms with E-state index in [-0.39, 0.29) is 5.84 Å². The van der Waals surface area contributed by atoms with Crippen LogP contribution in [-0.4, -0.2) is 16.0 Å². The largest absolute Gasteiger partial charge is 0.409 e. The van der Waals surface area contributed by atoms with Crippen molar-refractivity contribution < 1.29 is 5.21 Å². The minimum atomic E-state index is 0.205. The molecule has 78 valence electrons. The van der Waals surface area contributed by atoms with Crippen LogP contribution in [0.3, 0.4) is 0 Å². The first-order valence-electron chi connectivity index (χ1n) is 4.42. The number of fused-ring (bicyclic) bond motifs is 1. The van der Waals surface area contributed by atoms with E-state index in [1.807, 2.05) is 24.4 Å². The summed E-state index contributed by atoms with van der Waals surface area (Å²) in [5.74, 6) is 0.205. The minimum absolute atomic E-state index is 0.205. The number of halogens is 1. The average molecular weight is 268 g/mol. The fourth-order valence-corrected chi connectivity index (χ4v) is 1.89. The second kappa shape index (κ2) is 3.94. The molecule has 0 aliphatic rings. The summed E-state index contributed by atoms with van der Waals surface area (Å²) in [5, 5.41) is 12.5. The predicted octanol–water partition coefficient (Wildman–Crippen LogP) is 2.22. The van der Waals surface area contributed by atoms with E-state index in [1.165, 1.54) is 0 Å². The molecule has 0 aliphatic heterocycles. The molecule has 5 heteroatoms. The molecule has 4 N–H and O–H groups in total. The van der Waals surface area contributed by atoms with E-state index in [2.05, 4.69) is 26.1 Å². The Bertz CT molecular complexity index is 518. The first kappa shape index (κ1) is 10.0. The molecular formula is C10H10BrN3O. The van der Waals surface area contributed by atoms with Crippen LogP contribution in [0.15, 0.2) is 34.0 Å². The Hall–Kier alpha value is -1.49. The lowest BCUT2D eigenvalue weighted by Gasteiger charge is -1.97. The maximum atomic E-state index is 8.50. The number of hydrogen-bond donors (Lipinski definition) is 3. The zero-order valence-electron chi connectivity index (χ0n) is 7.87. The van der Waals surface area contributed by atoms with Gasteiger partial charge in [0.2, 0.25) is 0 Å². The van der Waals surface area contributed by atoms with Gasteiger partial charge in [0.25, 0.3) is 0 Å². The van der Waals surface area contributed by atoms with Gasteiger partial charge in [-0.25, -0.2) is 0 Å². The summed E-state index contributed by atoms with van der Waals surface area (Å²) in [4.78, 5) is 3.13. The molecule has 2 rings (SSSR count). The second-order valence-electron chi connectivity index (χ2n) is 3.27. The summed E-state index contributed by atoms with van der Waals surface area (Å²) in [7, 11) is 0. The van der Waals surface area contributed by atoms with Gasteiger partial charge in [-0.05, 0) is 23.8 Å². The zero-order valence-corrected chi connectivity index (χ0v) is 9.45. The summed E-state index contributed by atoms with van der Waals surface area (Å²) in [5.41, 5.74) is 7.52. The highest BCUT2D eigenvalue weighted by atomic mass is 79.9. The summed E-state index contributed by atoms with van der Waals surface area (Å²) in [6.07, 6.45) is 2.31. The van der Waals surface area contributed by atoms with Crippen molar-refractivity contribution in [2.75, 3.05) is 0 Å². The van der Waals surface area contributed by atoms with Crippen LogP contribution >= 0.6 is 15.9 Å². The van der Waals surface area contributed by atoms with Gasteiger partial charge in [0.05, 0.1) is 0 Å². The lowest BCUT2D eigenvalue weighted by molar-refractivity contribution is 0.317. The van der Waals surface area contributed by atoms with Crippen molar-refractivity contribution in [3.63, 3.8) is 0 Å². The molecule has 0 unspecified atom stereocenters. The molecule has 0 amide bonds. The molecule has 15 heavy (non-hydrogen) atoms. The molecule has 1 heterocycles. The Morgan fingerprint density at radius 1 is 1.53 bits per heavy atom. The predicted molar refractivity (Wildman–Crippen MR) is 63.1 cm³/mol. The normalized spacial score (nSPS) is 12.2. The first-order chi connectivity index (χ1) is 7.20. The van der Waals surface area contributed by atoms with Crippen molar-refractivity contribution in [1.82, 2.24) is 4.98 Å². The summed E-state index contributed by atoms with van der Waals surface area (Å²) >= 11 is 3.41. The maximum absolute atomic E-state index is 8.50. The van der Waals surface area contributed by atoms with Crippen LogP contribution in [0.25, 0.3) is 10.9 Å². The van der Waals surface area contributed by atoms with Crippen LogP contribution in [0.5, 0.6) is 0 Å². The van der Waals surface area contributed by atoms with Crippen molar-refractivity contribution >= 4 is 32.7 Å². The highest BCUT2D eigenvalue weighted by molar-refractivity contribution is 9.10. The van der Waals surface area contributed by atoms with Crippen LogP contribution in [0.2, 0.25) is 0 Å². The minimum Gasteiger partial charge on any atom is -0.409 e. The Balaban J connectivity index is 2.48. The van der Waals surface area contributed by atoms with Crippen LogP contribution in [0, 0.1) is 0 Å². The van der Waals surface area contributed by atoms with Crippen LogP contribution in [0.4, 0.5) is 0 Å². The number of oxime groups is 1. The fraction of sp³-hybridized carbons (Fsp3) is 0.100. The van der Waals surface area contributed by atoms with E-state index in [9.17, 15) is 0 Å². The molecule has 0 saturated carbocycles. The summed E-state index contributed by atoms with van der Waals surface area (Å²) in [6, 6.07) is 5.95. The number of H-pyrrole nitrogens is 1. The molecule has 0 saturated heterocycles. The Morgan fingerprint density at radius 2 is 2.33 bits per heavy atom. The number of aromatic nitrogens is 1. The number of benzene rings is 1. The Labute approximate surface area is 94.9 Å². The maximum Gasteiger partial charge on any atom is 0.143 e. The van der Waals surface area contributed by atoms with Crippen LogP contribution in [0.1, 0.15) is 5.56 Å². The van der Waals surface area contributed by atoms with E-state index < -0.39 is 0 Å². The van der Waals surface area contributed by atoms with Gasteiger partial charge in [-0.15, -0.1) is 0 Å². The molecular weight excluding hydrogens is 258 g/mol. The van der Waals surface area contributed by atoms with E-state index >= 15 is 0 Å². The standard InChI is InChI=1S/C10H10BrN3O/c11-7-1-2-9-8(4-7)6(5-13-9)3-10(12)14-15/h1-2,4-5,13,15H,3H2,(H2,12,14). The number of aromatic amines is 1. The third kappa shape index (κ3) is 1.97. The van der Waals surface area contributed by atoms with E-state index in [4.69, 9.17) is 10.9 Å². The van der Waals surface area contributed by atoms with Gasteiger partial charge in [-0.3, -0.25) is 0 Å². The number of nitrogens with zero attached hydrogens (tertiary/aromatic N) is 1. The Morgan fingerprint density at radius 3 is 3.07 bits per heavy atom. The lowest BCUT2D eigenvalue weighted by Crippen LogP contribution is -2.14. The smallest absolute Gasteiger partial charge is 0.143 e. The van der Waals surface area contributed by atoms with Gasteiger partial charge in [-0.2, -0.15) is 0 Å². The third-order valence-electron chi connectivity index (χ3n) is 2.23. The Kier molecular flexibility index (Phi) is 2.64. The quantitative estimate of drug-likeness (QED) is 0.338. The van der Waals surface area contributed by atoms with E-state index in [1.54, 1.807) is 0 Å². The van der Waals surface area contributed by atoms with E-state index in [0.29, 0.717) is 6.42 Å². The topological polar surface area (TPSA) is 74.4 Å². The molecule has 2 aromatic rings. The van der Waals surface area contributed by atoms with Crippen molar-refractivity contribution in [3.05, 3.63) is 34.4 Å². The van der Waals surface area contributed by atoms with Crippen molar-refractivity contribution in [2.24, 2.45) is 10.9 Å². The van der Waals surface area contributed by atoms with Gasteiger partial charge in [0.1, 0.15) is 5.84 Å². The van der Waals surface area contributed by atoms with E-state index in [0.717, 1.165) is 20.9 Å². The molecule has 0 atom stereocenters. The van der Waals surface area contributed by atoms with Crippen LogP contribution in [-0.2, 0) is 6.42 Å². The van der Waals surface area contributed by atoms with Gasteiger partial charge in [0.15, 0.2) is 0 Å². The lowest BCUT2D eigenvalue weighted by atomic mass is 10.1. The molecule has 1 aromatic heterocycles. The highest BCUT2D eigenvalue weighted by Crippen LogP contribution is 2.22. The molecule has 0 radical (unpaired) electrons. The van der Waals surface area contributed by atoms with Gasteiger partial charge in [-0.1, -0.05) is 21.1 Å².